The zero-order valence-corrected chi connectivity index (χ0v) is 10.9. The minimum atomic E-state index is -3.90. The highest BCUT2D eigenvalue weighted by Gasteiger charge is 2.43. The van der Waals surface area contributed by atoms with Crippen LogP contribution in [0, 0.1) is 0 Å². The zero-order chi connectivity index (χ0) is 13.4. The molecular formula is C9H18N2O5S. The lowest BCUT2D eigenvalue weighted by molar-refractivity contribution is -0.140. The van der Waals surface area contributed by atoms with Crippen molar-refractivity contribution in [1.29, 1.82) is 0 Å². The van der Waals surface area contributed by atoms with Gasteiger partial charge in [-0.05, 0) is 20.8 Å². The van der Waals surface area contributed by atoms with Crippen LogP contribution in [0.1, 0.15) is 27.2 Å². The molecule has 2 atom stereocenters. The molecule has 0 saturated carbocycles. The van der Waals surface area contributed by atoms with E-state index in [1.165, 1.54) is 0 Å². The van der Waals surface area contributed by atoms with Gasteiger partial charge in [0.2, 0.25) is 0 Å². The molecule has 3 N–H and O–H groups in total. The highest BCUT2D eigenvalue weighted by molar-refractivity contribution is 7.87. The van der Waals surface area contributed by atoms with Gasteiger partial charge in [0, 0.05) is 18.5 Å². The van der Waals surface area contributed by atoms with E-state index in [0.717, 1.165) is 4.31 Å². The van der Waals surface area contributed by atoms with Crippen LogP contribution in [0.2, 0.25) is 0 Å². The monoisotopic (exact) mass is 266 g/mol. The largest absolute Gasteiger partial charge is 0.480 e. The molecule has 1 saturated heterocycles. The average Bonchev–Trinajstić information content (AvgIpc) is 2.43. The van der Waals surface area contributed by atoms with E-state index in [2.05, 4.69) is 4.72 Å². The van der Waals surface area contributed by atoms with Crippen LogP contribution in [-0.2, 0) is 15.0 Å². The maximum Gasteiger partial charge on any atom is 0.322 e. The third kappa shape index (κ3) is 3.63. The summed E-state index contributed by atoms with van der Waals surface area (Å²) in [4.78, 5) is 10.9. The number of aliphatic hydroxyl groups is 1. The molecule has 0 aromatic carbocycles. The fourth-order valence-corrected chi connectivity index (χ4v) is 3.49. The Morgan fingerprint density at radius 2 is 1.94 bits per heavy atom. The highest BCUT2D eigenvalue weighted by Crippen LogP contribution is 2.22. The Balaban J connectivity index is 2.94. The molecule has 1 fully saturated rings. The number of carbonyl (C=O) groups is 1. The second-order valence-electron chi connectivity index (χ2n) is 5.17. The Hall–Kier alpha value is -0.700. The Kier molecular flexibility index (Phi) is 3.82. The van der Waals surface area contributed by atoms with Crippen LogP contribution in [0.15, 0.2) is 0 Å². The van der Waals surface area contributed by atoms with Gasteiger partial charge in [-0.2, -0.15) is 17.4 Å². The van der Waals surface area contributed by atoms with E-state index in [9.17, 15) is 18.3 Å². The first-order valence-electron chi connectivity index (χ1n) is 5.24. The SMILES string of the molecule is CC(C)(C)NS(=O)(=O)N1CC(O)CC1C(=O)O. The van der Waals surface area contributed by atoms with Crippen molar-refractivity contribution in [2.75, 3.05) is 6.54 Å². The van der Waals surface area contributed by atoms with Crippen LogP contribution in [0.5, 0.6) is 0 Å². The maximum absolute atomic E-state index is 11.9. The van der Waals surface area contributed by atoms with Gasteiger partial charge >= 0.3 is 5.97 Å². The molecule has 1 heterocycles. The van der Waals surface area contributed by atoms with Crippen LogP contribution in [-0.4, -0.2) is 53.1 Å². The first-order chi connectivity index (χ1) is 7.53. The van der Waals surface area contributed by atoms with Crippen LogP contribution in [0.25, 0.3) is 0 Å². The predicted molar refractivity (Wildman–Crippen MR) is 60.6 cm³/mol. The van der Waals surface area contributed by atoms with E-state index >= 15 is 0 Å². The van der Waals surface area contributed by atoms with Crippen molar-refractivity contribution in [1.82, 2.24) is 9.03 Å². The Labute approximate surface area is 101 Å². The lowest BCUT2D eigenvalue weighted by Gasteiger charge is -2.27. The summed E-state index contributed by atoms with van der Waals surface area (Å²) in [6.07, 6.45) is -1.02. The van der Waals surface area contributed by atoms with Gasteiger partial charge in [0.05, 0.1) is 6.10 Å². The summed E-state index contributed by atoms with van der Waals surface area (Å²) in [6.45, 7) is 4.79. The van der Waals surface area contributed by atoms with Gasteiger partial charge in [-0.1, -0.05) is 0 Å². The predicted octanol–water partition coefficient (Wildman–Crippen LogP) is -0.861. The van der Waals surface area contributed by atoms with Gasteiger partial charge in [0.15, 0.2) is 0 Å². The fraction of sp³-hybridized carbons (Fsp3) is 0.889. The quantitative estimate of drug-likeness (QED) is 0.616. The molecule has 100 valence electrons. The van der Waals surface area contributed by atoms with E-state index < -0.39 is 33.9 Å². The molecule has 2 unspecified atom stereocenters. The van der Waals surface area contributed by atoms with Crippen LogP contribution in [0.4, 0.5) is 0 Å². The number of aliphatic hydroxyl groups excluding tert-OH is 1. The number of nitrogens with zero attached hydrogens (tertiary/aromatic N) is 1. The number of hydrogen-bond acceptors (Lipinski definition) is 4. The molecule has 1 rings (SSSR count). The number of rotatable bonds is 3. The van der Waals surface area contributed by atoms with E-state index in [1.807, 2.05) is 0 Å². The van der Waals surface area contributed by atoms with E-state index in [-0.39, 0.29) is 13.0 Å². The summed E-state index contributed by atoms with van der Waals surface area (Å²) >= 11 is 0. The number of nitrogens with one attached hydrogen (secondary N) is 1. The highest BCUT2D eigenvalue weighted by atomic mass is 32.2. The Bertz CT molecular complexity index is 400. The Morgan fingerprint density at radius 3 is 2.35 bits per heavy atom. The van der Waals surface area contributed by atoms with E-state index in [1.54, 1.807) is 20.8 Å². The van der Waals surface area contributed by atoms with Crippen LogP contribution < -0.4 is 4.72 Å². The summed E-state index contributed by atoms with van der Waals surface area (Å²) < 4.78 is 27.1. The van der Waals surface area contributed by atoms with Crippen molar-refractivity contribution in [2.24, 2.45) is 0 Å². The molecule has 8 heteroatoms. The molecule has 17 heavy (non-hydrogen) atoms. The molecule has 0 aromatic rings. The molecule has 1 aliphatic heterocycles. The molecule has 0 amide bonds. The molecule has 0 radical (unpaired) electrons. The average molecular weight is 266 g/mol. The lowest BCUT2D eigenvalue weighted by atomic mass is 10.1. The molecule has 7 nitrogen and oxygen atoms in total. The van der Waals surface area contributed by atoms with Gasteiger partial charge in [-0.25, -0.2) is 0 Å². The topological polar surface area (TPSA) is 107 Å². The molecule has 0 bridgehead atoms. The first kappa shape index (κ1) is 14.4. The number of β-amino-alcohol motifs (C(OH)–C–C–N with tert-alkyl or cyclic N) is 1. The standard InChI is InChI=1S/C9H18N2O5S/c1-9(2,3)10-17(15,16)11-5-6(12)4-7(11)8(13)14/h6-7,10,12H,4-5H2,1-3H3,(H,13,14). The third-order valence-corrected chi connectivity index (χ3v) is 4.15. The van der Waals surface area contributed by atoms with Crippen molar-refractivity contribution in [3.05, 3.63) is 0 Å². The summed E-state index contributed by atoms with van der Waals surface area (Å²) in [6, 6.07) is -1.20. The summed E-state index contributed by atoms with van der Waals surface area (Å²) in [7, 11) is -3.90. The number of carboxylic acid groups (broad SMARTS) is 1. The van der Waals surface area contributed by atoms with E-state index in [0.29, 0.717) is 0 Å². The minimum Gasteiger partial charge on any atom is -0.480 e. The van der Waals surface area contributed by atoms with Crippen molar-refractivity contribution < 1.29 is 23.4 Å². The summed E-state index contributed by atoms with van der Waals surface area (Å²) in [5.41, 5.74) is -0.699. The summed E-state index contributed by atoms with van der Waals surface area (Å²) in [5, 5.41) is 18.3. The van der Waals surface area contributed by atoms with Crippen LogP contribution >= 0.6 is 0 Å². The van der Waals surface area contributed by atoms with Gasteiger partial charge in [-0.15, -0.1) is 0 Å². The number of carboxylic acids is 1. The van der Waals surface area contributed by atoms with Gasteiger partial charge in [-0.3, -0.25) is 4.79 Å². The molecule has 0 aromatic heterocycles. The number of hydrogen-bond donors (Lipinski definition) is 3. The van der Waals surface area contributed by atoms with Crippen molar-refractivity contribution in [3.8, 4) is 0 Å². The van der Waals surface area contributed by atoms with Gasteiger partial charge in [0.1, 0.15) is 6.04 Å². The second kappa shape index (κ2) is 4.52. The minimum absolute atomic E-state index is 0.0830. The van der Waals surface area contributed by atoms with Crippen molar-refractivity contribution in [2.45, 2.75) is 44.9 Å². The van der Waals surface area contributed by atoms with E-state index in [4.69, 9.17) is 5.11 Å². The van der Waals surface area contributed by atoms with Gasteiger partial charge in [0.25, 0.3) is 10.2 Å². The third-order valence-electron chi connectivity index (χ3n) is 2.26. The molecule has 1 aliphatic rings. The van der Waals surface area contributed by atoms with Gasteiger partial charge < -0.3 is 10.2 Å². The Morgan fingerprint density at radius 1 is 1.41 bits per heavy atom. The van der Waals surface area contributed by atoms with Crippen molar-refractivity contribution >= 4 is 16.2 Å². The second-order valence-corrected chi connectivity index (χ2v) is 6.79. The number of aliphatic carboxylic acids is 1. The lowest BCUT2D eigenvalue weighted by Crippen LogP contribution is -2.52. The fourth-order valence-electron chi connectivity index (χ4n) is 1.72. The normalized spacial score (nSPS) is 27.3. The maximum atomic E-state index is 11.9. The van der Waals surface area contributed by atoms with Crippen molar-refractivity contribution in [3.63, 3.8) is 0 Å². The van der Waals surface area contributed by atoms with Crippen LogP contribution in [0.3, 0.4) is 0 Å². The smallest absolute Gasteiger partial charge is 0.322 e. The zero-order valence-electron chi connectivity index (χ0n) is 10.0. The first-order valence-corrected chi connectivity index (χ1v) is 6.68. The molecule has 0 aliphatic carbocycles. The molecule has 0 spiro atoms. The summed E-state index contributed by atoms with van der Waals surface area (Å²) in [5.74, 6) is -1.25. The molecular weight excluding hydrogens is 248 g/mol.